The maximum Gasteiger partial charge on any atom is 0.260 e. The van der Waals surface area contributed by atoms with E-state index in [2.05, 4.69) is 20.2 Å². The minimum absolute atomic E-state index is 0.176. The summed E-state index contributed by atoms with van der Waals surface area (Å²) >= 11 is 0. The first-order valence-electron chi connectivity index (χ1n) is 9.74. The number of benzene rings is 1. The van der Waals surface area contributed by atoms with Crippen LogP contribution in [0.5, 0.6) is 11.6 Å². The minimum Gasteiger partial charge on any atom is -0.481 e. The highest BCUT2D eigenvalue weighted by Crippen LogP contribution is 2.21. The first kappa shape index (κ1) is 19.9. The van der Waals surface area contributed by atoms with Gasteiger partial charge in [0.15, 0.2) is 6.10 Å². The Morgan fingerprint density at radius 1 is 1.21 bits per heavy atom. The fourth-order valence-corrected chi connectivity index (χ4v) is 3.08. The van der Waals surface area contributed by atoms with E-state index in [1.165, 1.54) is 19.2 Å². The average molecular weight is 384 g/mol. The maximum atomic E-state index is 12.3. The number of carbonyl (C=O) groups is 1. The molecule has 1 aliphatic heterocycles. The van der Waals surface area contributed by atoms with E-state index in [1.54, 1.807) is 6.92 Å². The quantitative estimate of drug-likeness (QED) is 0.705. The Labute approximate surface area is 166 Å². The number of anilines is 1. The summed E-state index contributed by atoms with van der Waals surface area (Å²) in [5.41, 5.74) is 2.10. The van der Waals surface area contributed by atoms with Gasteiger partial charge in [0, 0.05) is 19.2 Å². The number of hydrogen-bond acceptors (Lipinski definition) is 6. The second-order valence-corrected chi connectivity index (χ2v) is 7.08. The van der Waals surface area contributed by atoms with Gasteiger partial charge < -0.3 is 19.7 Å². The highest BCUT2D eigenvalue weighted by molar-refractivity contribution is 5.80. The SMILES string of the molecule is Cc1ccc(C)c(O[C@@H](C)C(=O)NCCOc2cc(N3CCCC3)ncn2)c1. The second-order valence-electron chi connectivity index (χ2n) is 7.08. The molecule has 7 heteroatoms. The van der Waals surface area contributed by atoms with E-state index in [0.717, 1.165) is 35.8 Å². The topological polar surface area (TPSA) is 76.6 Å². The van der Waals surface area contributed by atoms with Gasteiger partial charge in [-0.05, 0) is 50.8 Å². The minimum atomic E-state index is -0.582. The van der Waals surface area contributed by atoms with E-state index in [0.29, 0.717) is 19.0 Å². The van der Waals surface area contributed by atoms with Crippen molar-refractivity contribution in [2.24, 2.45) is 0 Å². The van der Waals surface area contributed by atoms with Crippen molar-refractivity contribution in [1.82, 2.24) is 15.3 Å². The molecule has 1 fully saturated rings. The Morgan fingerprint density at radius 3 is 2.79 bits per heavy atom. The summed E-state index contributed by atoms with van der Waals surface area (Å²) in [5.74, 6) is 1.96. The van der Waals surface area contributed by atoms with Gasteiger partial charge in [0.1, 0.15) is 24.5 Å². The first-order chi connectivity index (χ1) is 13.5. The highest BCUT2D eigenvalue weighted by Gasteiger charge is 2.16. The van der Waals surface area contributed by atoms with Crippen LogP contribution in [0.4, 0.5) is 5.82 Å². The third-order valence-electron chi connectivity index (χ3n) is 4.73. The molecule has 3 rings (SSSR count). The molecular weight excluding hydrogens is 356 g/mol. The zero-order valence-corrected chi connectivity index (χ0v) is 16.8. The molecule has 2 aromatic rings. The lowest BCUT2D eigenvalue weighted by atomic mass is 10.1. The number of amides is 1. The van der Waals surface area contributed by atoms with Gasteiger partial charge in [-0.1, -0.05) is 12.1 Å². The van der Waals surface area contributed by atoms with Gasteiger partial charge in [0.2, 0.25) is 5.88 Å². The Kier molecular flexibility index (Phi) is 6.68. The van der Waals surface area contributed by atoms with Gasteiger partial charge in [-0.25, -0.2) is 9.97 Å². The van der Waals surface area contributed by atoms with E-state index in [9.17, 15) is 4.79 Å². The predicted molar refractivity (Wildman–Crippen MR) is 108 cm³/mol. The molecule has 1 N–H and O–H groups in total. The Bertz CT molecular complexity index is 806. The molecule has 0 saturated carbocycles. The van der Waals surface area contributed by atoms with Crippen molar-refractivity contribution in [2.75, 3.05) is 31.1 Å². The lowest BCUT2D eigenvalue weighted by Crippen LogP contribution is -2.38. The molecule has 1 aromatic carbocycles. The third-order valence-corrected chi connectivity index (χ3v) is 4.73. The molecule has 0 unspecified atom stereocenters. The molecule has 1 saturated heterocycles. The number of hydrogen-bond donors (Lipinski definition) is 1. The molecule has 1 atom stereocenters. The van der Waals surface area contributed by atoms with Gasteiger partial charge in [-0.15, -0.1) is 0 Å². The van der Waals surface area contributed by atoms with Crippen LogP contribution < -0.4 is 19.7 Å². The molecule has 0 radical (unpaired) electrons. The van der Waals surface area contributed by atoms with Crippen molar-refractivity contribution < 1.29 is 14.3 Å². The summed E-state index contributed by atoms with van der Waals surface area (Å²) in [6.07, 6.45) is 3.31. The van der Waals surface area contributed by atoms with E-state index < -0.39 is 6.10 Å². The van der Waals surface area contributed by atoms with E-state index in [-0.39, 0.29) is 5.91 Å². The van der Waals surface area contributed by atoms with Crippen LogP contribution >= 0.6 is 0 Å². The molecule has 28 heavy (non-hydrogen) atoms. The molecule has 1 aliphatic rings. The largest absolute Gasteiger partial charge is 0.481 e. The summed E-state index contributed by atoms with van der Waals surface area (Å²) < 4.78 is 11.5. The van der Waals surface area contributed by atoms with Crippen molar-refractivity contribution in [3.63, 3.8) is 0 Å². The van der Waals surface area contributed by atoms with Crippen LogP contribution in [0.1, 0.15) is 30.9 Å². The summed E-state index contributed by atoms with van der Waals surface area (Å²) in [6.45, 7) is 8.45. The normalized spacial score (nSPS) is 14.6. The van der Waals surface area contributed by atoms with Crippen molar-refractivity contribution >= 4 is 11.7 Å². The van der Waals surface area contributed by atoms with Gasteiger partial charge in [0.05, 0.1) is 6.54 Å². The monoisotopic (exact) mass is 384 g/mol. The maximum absolute atomic E-state index is 12.3. The predicted octanol–water partition coefficient (Wildman–Crippen LogP) is 2.66. The number of ether oxygens (including phenoxy) is 2. The van der Waals surface area contributed by atoms with Gasteiger partial charge >= 0.3 is 0 Å². The van der Waals surface area contributed by atoms with Crippen LogP contribution in [-0.4, -0.2) is 48.2 Å². The summed E-state index contributed by atoms with van der Waals surface area (Å²) in [5, 5.41) is 2.83. The van der Waals surface area contributed by atoms with Crippen LogP contribution in [0.15, 0.2) is 30.6 Å². The Hall–Kier alpha value is -2.83. The number of aryl methyl sites for hydroxylation is 2. The van der Waals surface area contributed by atoms with E-state index >= 15 is 0 Å². The molecule has 0 bridgehead atoms. The van der Waals surface area contributed by atoms with Crippen molar-refractivity contribution in [3.05, 3.63) is 41.7 Å². The number of carbonyl (C=O) groups excluding carboxylic acids is 1. The standard InChI is InChI=1S/C21H28N4O3/c1-15-6-7-16(2)18(12-15)28-17(3)21(26)22-8-11-27-20-13-19(23-14-24-20)25-9-4-5-10-25/h6-7,12-14,17H,4-5,8-11H2,1-3H3,(H,22,26)/t17-/m0/s1. The first-order valence-corrected chi connectivity index (χ1v) is 9.74. The van der Waals surface area contributed by atoms with Crippen LogP contribution in [-0.2, 0) is 4.79 Å². The number of nitrogens with one attached hydrogen (secondary N) is 1. The van der Waals surface area contributed by atoms with Gasteiger partial charge in [-0.2, -0.15) is 0 Å². The molecular formula is C21H28N4O3. The molecule has 0 aliphatic carbocycles. The van der Waals surface area contributed by atoms with Gasteiger partial charge in [-0.3, -0.25) is 4.79 Å². The highest BCUT2D eigenvalue weighted by atomic mass is 16.5. The number of rotatable bonds is 8. The van der Waals surface area contributed by atoms with Crippen molar-refractivity contribution in [1.29, 1.82) is 0 Å². The second kappa shape index (κ2) is 9.39. The fraction of sp³-hybridized carbons (Fsp3) is 0.476. The molecule has 1 aromatic heterocycles. The summed E-state index contributed by atoms with van der Waals surface area (Å²) in [7, 11) is 0. The number of nitrogens with zero attached hydrogens (tertiary/aromatic N) is 3. The Balaban J connectivity index is 1.42. The van der Waals surface area contributed by atoms with Crippen LogP contribution in [0.2, 0.25) is 0 Å². The van der Waals surface area contributed by atoms with Crippen molar-refractivity contribution in [3.8, 4) is 11.6 Å². The Morgan fingerprint density at radius 2 is 2.00 bits per heavy atom. The lowest BCUT2D eigenvalue weighted by Gasteiger charge is -2.17. The molecule has 150 valence electrons. The molecule has 1 amide bonds. The van der Waals surface area contributed by atoms with Crippen LogP contribution in [0, 0.1) is 13.8 Å². The molecule has 0 spiro atoms. The summed E-state index contributed by atoms with van der Waals surface area (Å²) in [4.78, 5) is 22.9. The zero-order chi connectivity index (χ0) is 19.9. The molecule has 7 nitrogen and oxygen atoms in total. The van der Waals surface area contributed by atoms with E-state index in [1.807, 2.05) is 38.1 Å². The lowest BCUT2D eigenvalue weighted by molar-refractivity contribution is -0.127. The average Bonchev–Trinajstić information content (AvgIpc) is 3.23. The number of aromatic nitrogens is 2. The zero-order valence-electron chi connectivity index (χ0n) is 16.8. The smallest absolute Gasteiger partial charge is 0.260 e. The fourth-order valence-electron chi connectivity index (χ4n) is 3.08. The van der Waals surface area contributed by atoms with Crippen LogP contribution in [0.3, 0.4) is 0 Å². The third kappa shape index (κ3) is 5.34. The van der Waals surface area contributed by atoms with E-state index in [4.69, 9.17) is 9.47 Å². The van der Waals surface area contributed by atoms with Crippen LogP contribution in [0.25, 0.3) is 0 Å². The van der Waals surface area contributed by atoms with Gasteiger partial charge in [0.25, 0.3) is 5.91 Å². The molecule has 2 heterocycles. The van der Waals surface area contributed by atoms with Crippen molar-refractivity contribution in [2.45, 2.75) is 39.7 Å². The summed E-state index contributed by atoms with van der Waals surface area (Å²) in [6, 6.07) is 7.79.